The smallest absolute Gasteiger partial charge is 0.266 e. The largest absolute Gasteiger partial charge is 0.486 e. The maximum Gasteiger partial charge on any atom is 0.266 e. The molecule has 4 nitrogen and oxygen atoms in total. The molecule has 0 saturated carbocycles. The molecule has 31 heavy (non-hydrogen) atoms. The number of rotatable bonds is 6. The second-order valence-corrected chi connectivity index (χ2v) is 7.55. The molecule has 0 aliphatic rings. The summed E-state index contributed by atoms with van der Waals surface area (Å²) in [5.41, 5.74) is 1.40. The normalized spacial score (nSPS) is 11.0. The average molecular weight is 476 g/mol. The summed E-state index contributed by atoms with van der Waals surface area (Å²) in [5, 5.41) is 12.7. The summed E-state index contributed by atoms with van der Waals surface area (Å²) in [5.74, 6) is -0.730. The Kier molecular flexibility index (Phi) is 7.54. The molecule has 1 amide bonds. The van der Waals surface area contributed by atoms with Gasteiger partial charge in [-0.15, -0.1) is 0 Å². The lowest BCUT2D eigenvalue weighted by Crippen LogP contribution is -2.13. The van der Waals surface area contributed by atoms with Gasteiger partial charge in [-0.3, -0.25) is 4.79 Å². The van der Waals surface area contributed by atoms with Crippen molar-refractivity contribution in [3.63, 3.8) is 0 Å². The van der Waals surface area contributed by atoms with E-state index in [1.807, 2.05) is 6.07 Å². The Bertz CT molecular complexity index is 1170. The van der Waals surface area contributed by atoms with Gasteiger partial charge >= 0.3 is 0 Å². The van der Waals surface area contributed by atoms with Crippen LogP contribution in [0.25, 0.3) is 6.08 Å². The topological polar surface area (TPSA) is 62.1 Å². The van der Waals surface area contributed by atoms with Gasteiger partial charge in [0.1, 0.15) is 24.1 Å². The number of carbonyl (C=O) groups excluding carboxylic acids is 1. The van der Waals surface area contributed by atoms with Crippen LogP contribution in [0.2, 0.25) is 15.1 Å². The predicted molar refractivity (Wildman–Crippen MR) is 121 cm³/mol. The number of carbonyl (C=O) groups is 1. The van der Waals surface area contributed by atoms with E-state index in [0.29, 0.717) is 16.3 Å². The number of ether oxygens (including phenoxy) is 1. The van der Waals surface area contributed by atoms with Gasteiger partial charge in [0, 0.05) is 0 Å². The summed E-state index contributed by atoms with van der Waals surface area (Å²) < 4.78 is 18.7. The van der Waals surface area contributed by atoms with Gasteiger partial charge in [-0.05, 0) is 53.6 Å². The fourth-order valence-corrected chi connectivity index (χ4v) is 3.40. The van der Waals surface area contributed by atoms with Crippen molar-refractivity contribution < 1.29 is 13.9 Å². The second-order valence-electron chi connectivity index (χ2n) is 6.33. The number of benzene rings is 3. The van der Waals surface area contributed by atoms with Crippen molar-refractivity contribution in [2.75, 3.05) is 5.32 Å². The van der Waals surface area contributed by atoms with Gasteiger partial charge in [0.2, 0.25) is 0 Å². The molecule has 3 aromatic carbocycles. The molecule has 0 aromatic heterocycles. The highest BCUT2D eigenvalue weighted by molar-refractivity contribution is 6.37. The van der Waals surface area contributed by atoms with Crippen molar-refractivity contribution in [1.82, 2.24) is 0 Å². The van der Waals surface area contributed by atoms with Gasteiger partial charge in [0.15, 0.2) is 5.75 Å². The lowest BCUT2D eigenvalue weighted by molar-refractivity contribution is -0.112. The van der Waals surface area contributed by atoms with E-state index in [4.69, 9.17) is 39.5 Å². The number of hydrogen-bond acceptors (Lipinski definition) is 3. The lowest BCUT2D eigenvalue weighted by Gasteiger charge is -2.11. The minimum atomic E-state index is -0.625. The zero-order chi connectivity index (χ0) is 22.4. The predicted octanol–water partition coefficient (Wildman–Crippen LogP) is 6.91. The third-order valence-corrected chi connectivity index (χ3v) is 5.01. The second kappa shape index (κ2) is 10.3. The highest BCUT2D eigenvalue weighted by Gasteiger charge is 2.14. The van der Waals surface area contributed by atoms with Crippen molar-refractivity contribution in [1.29, 1.82) is 5.26 Å². The minimum absolute atomic E-state index is 0.137. The van der Waals surface area contributed by atoms with E-state index in [1.54, 1.807) is 36.4 Å². The van der Waals surface area contributed by atoms with Crippen molar-refractivity contribution >= 4 is 52.5 Å². The van der Waals surface area contributed by atoms with Crippen molar-refractivity contribution in [2.24, 2.45) is 0 Å². The molecule has 0 atom stereocenters. The number of halogens is 4. The van der Waals surface area contributed by atoms with Gasteiger partial charge in [0.05, 0.1) is 20.8 Å². The van der Waals surface area contributed by atoms with E-state index in [0.717, 1.165) is 5.56 Å². The van der Waals surface area contributed by atoms with Gasteiger partial charge in [-0.2, -0.15) is 5.26 Å². The molecule has 0 aliphatic carbocycles. The lowest BCUT2D eigenvalue weighted by atomic mass is 10.1. The first-order chi connectivity index (χ1) is 14.9. The molecule has 0 saturated heterocycles. The van der Waals surface area contributed by atoms with E-state index in [1.165, 1.54) is 30.3 Å². The third-order valence-electron chi connectivity index (χ3n) is 4.12. The zero-order valence-corrected chi connectivity index (χ0v) is 18.1. The Balaban J connectivity index is 1.78. The molecule has 0 bridgehead atoms. The van der Waals surface area contributed by atoms with Crippen molar-refractivity contribution in [3.8, 4) is 11.8 Å². The first-order valence-corrected chi connectivity index (χ1v) is 10.0. The summed E-state index contributed by atoms with van der Waals surface area (Å²) in [6.45, 7) is 0.137. The number of nitrogens with zero attached hydrogens (tertiary/aromatic N) is 1. The molecule has 1 N–H and O–H groups in total. The van der Waals surface area contributed by atoms with E-state index in [9.17, 15) is 14.4 Å². The number of nitrogens with one attached hydrogen (secondary N) is 1. The third kappa shape index (κ3) is 5.99. The number of hydrogen-bond donors (Lipinski definition) is 1. The molecule has 0 unspecified atom stereocenters. The highest BCUT2D eigenvalue weighted by Crippen LogP contribution is 2.35. The number of amides is 1. The van der Waals surface area contributed by atoms with Gasteiger partial charge in [-0.25, -0.2) is 4.39 Å². The first kappa shape index (κ1) is 22.6. The van der Waals surface area contributed by atoms with E-state index in [-0.39, 0.29) is 33.8 Å². The van der Waals surface area contributed by atoms with Crippen LogP contribution in [0.5, 0.6) is 5.75 Å². The molecule has 0 aliphatic heterocycles. The number of para-hydroxylation sites is 1. The van der Waals surface area contributed by atoms with E-state index < -0.39 is 5.91 Å². The van der Waals surface area contributed by atoms with Crippen LogP contribution in [0.1, 0.15) is 11.1 Å². The van der Waals surface area contributed by atoms with Crippen LogP contribution in [0.4, 0.5) is 10.1 Å². The Labute approximate surface area is 193 Å². The van der Waals surface area contributed by atoms with E-state index in [2.05, 4.69) is 5.32 Å². The van der Waals surface area contributed by atoms with E-state index >= 15 is 0 Å². The van der Waals surface area contributed by atoms with Crippen LogP contribution < -0.4 is 10.1 Å². The molecule has 156 valence electrons. The van der Waals surface area contributed by atoms with Crippen LogP contribution >= 0.6 is 34.8 Å². The van der Waals surface area contributed by atoms with Crippen LogP contribution in [0, 0.1) is 17.1 Å². The molecular weight excluding hydrogens is 462 g/mol. The summed E-state index contributed by atoms with van der Waals surface area (Å²) in [7, 11) is 0. The maximum atomic E-state index is 13.0. The molecule has 3 rings (SSSR count). The Morgan fingerprint density at radius 2 is 1.68 bits per heavy atom. The van der Waals surface area contributed by atoms with Crippen molar-refractivity contribution in [2.45, 2.75) is 6.61 Å². The minimum Gasteiger partial charge on any atom is -0.486 e. The Morgan fingerprint density at radius 1 is 1.03 bits per heavy atom. The molecule has 8 heteroatoms. The van der Waals surface area contributed by atoms with Gasteiger partial charge in [-0.1, -0.05) is 59.1 Å². The van der Waals surface area contributed by atoms with Crippen LogP contribution in [-0.2, 0) is 11.4 Å². The van der Waals surface area contributed by atoms with Gasteiger partial charge in [0.25, 0.3) is 5.91 Å². The SMILES string of the molecule is N#C/C(=C\c1cc(Cl)c(OCc2ccc(F)cc2)c(Cl)c1)C(=O)Nc1ccccc1Cl. The van der Waals surface area contributed by atoms with Crippen LogP contribution in [-0.4, -0.2) is 5.91 Å². The molecule has 0 heterocycles. The fourth-order valence-electron chi connectivity index (χ4n) is 2.60. The monoisotopic (exact) mass is 474 g/mol. The maximum absolute atomic E-state index is 13.0. The Morgan fingerprint density at radius 3 is 2.29 bits per heavy atom. The summed E-state index contributed by atoms with van der Waals surface area (Å²) in [6, 6.07) is 17.4. The molecule has 0 spiro atoms. The molecule has 3 aromatic rings. The summed E-state index contributed by atoms with van der Waals surface area (Å²) >= 11 is 18.6. The van der Waals surface area contributed by atoms with Crippen LogP contribution in [0.15, 0.2) is 66.2 Å². The van der Waals surface area contributed by atoms with Crippen LogP contribution in [0.3, 0.4) is 0 Å². The average Bonchev–Trinajstić information content (AvgIpc) is 2.74. The standard InChI is InChI=1S/C23H14Cl3FN2O2/c24-18-3-1-2-4-21(18)29-23(30)16(12-28)9-15-10-19(25)22(20(26)11-15)31-13-14-5-7-17(27)8-6-14/h1-11H,13H2,(H,29,30)/b16-9+. The Hall–Kier alpha value is -3.04. The number of nitriles is 1. The van der Waals surface area contributed by atoms with Gasteiger partial charge < -0.3 is 10.1 Å². The molecule has 0 fully saturated rings. The number of anilines is 1. The highest BCUT2D eigenvalue weighted by atomic mass is 35.5. The van der Waals surface area contributed by atoms with Crippen molar-refractivity contribution in [3.05, 3.63) is 98.2 Å². The summed E-state index contributed by atoms with van der Waals surface area (Å²) in [4.78, 5) is 12.4. The first-order valence-electron chi connectivity index (χ1n) is 8.91. The quantitative estimate of drug-likeness (QED) is 0.311. The summed E-state index contributed by atoms with van der Waals surface area (Å²) in [6.07, 6.45) is 1.35. The molecular formula is C23H14Cl3FN2O2. The molecule has 0 radical (unpaired) electrons. The fraction of sp³-hybridized carbons (Fsp3) is 0.0435. The zero-order valence-electron chi connectivity index (χ0n) is 15.8.